The Kier molecular flexibility index (Phi) is 7.75. The van der Waals surface area contributed by atoms with E-state index in [9.17, 15) is 0 Å². The lowest BCUT2D eigenvalue weighted by molar-refractivity contribution is -0.678. The van der Waals surface area contributed by atoms with Crippen molar-refractivity contribution in [2.75, 3.05) is 18.5 Å². The number of benzene rings is 2. The van der Waals surface area contributed by atoms with Crippen LogP contribution in [0.3, 0.4) is 0 Å². The summed E-state index contributed by atoms with van der Waals surface area (Å²) >= 11 is 0. The molecule has 0 unspecified atom stereocenters. The minimum atomic E-state index is -0.192. The van der Waals surface area contributed by atoms with Crippen molar-refractivity contribution in [3.05, 3.63) is 76.8 Å². The fourth-order valence-electron chi connectivity index (χ4n) is 5.05. The molecule has 38 heavy (non-hydrogen) atoms. The number of likely N-dealkylation sites (N-methyl/N-ethyl adjacent to an activating group) is 1. The van der Waals surface area contributed by atoms with Gasteiger partial charge in [0.25, 0.3) is 5.52 Å². The number of nitrogens with zero attached hydrogens (tertiary/aromatic N) is 4. The second kappa shape index (κ2) is 11.0. The number of guanidine groups is 2. The molecule has 3 aromatic rings. The van der Waals surface area contributed by atoms with E-state index in [0.717, 1.165) is 47.5 Å². The van der Waals surface area contributed by atoms with Gasteiger partial charge >= 0.3 is 5.89 Å². The van der Waals surface area contributed by atoms with Gasteiger partial charge < -0.3 is 32.3 Å². The van der Waals surface area contributed by atoms with Crippen molar-refractivity contribution in [1.82, 2.24) is 0 Å². The van der Waals surface area contributed by atoms with Crippen molar-refractivity contribution < 1.29 is 8.98 Å². The number of hydrogen-bond acceptors (Lipinski definition) is 4. The van der Waals surface area contributed by atoms with E-state index in [4.69, 9.17) is 27.4 Å². The minimum absolute atomic E-state index is 0.0970. The van der Waals surface area contributed by atoms with Crippen molar-refractivity contribution in [2.45, 2.75) is 52.1 Å². The molecule has 200 valence electrons. The van der Waals surface area contributed by atoms with Crippen LogP contribution >= 0.6 is 0 Å². The summed E-state index contributed by atoms with van der Waals surface area (Å²) in [6.45, 7) is 8.49. The molecule has 0 saturated carbocycles. The first kappa shape index (κ1) is 26.8. The van der Waals surface area contributed by atoms with Gasteiger partial charge in [-0.1, -0.05) is 38.1 Å². The SMILES string of the molecule is CC(/C=C1\N(C)c2ccc(CN=C(N)N)cc2C1(C)C)=C\c1oc2ccccc2[n+]1CCCCN=C(N)N. The van der Waals surface area contributed by atoms with E-state index in [1.165, 1.54) is 16.9 Å². The molecule has 0 saturated heterocycles. The van der Waals surface area contributed by atoms with Crippen molar-refractivity contribution in [3.8, 4) is 0 Å². The predicted octanol–water partition coefficient (Wildman–Crippen LogP) is 3.26. The molecule has 9 nitrogen and oxygen atoms in total. The van der Waals surface area contributed by atoms with Gasteiger partial charge in [-0.3, -0.25) is 4.99 Å². The molecule has 2 aromatic carbocycles. The quantitative estimate of drug-likeness (QED) is 0.149. The average molecular weight is 516 g/mol. The lowest BCUT2D eigenvalue weighted by Crippen LogP contribution is -2.35. The first-order chi connectivity index (χ1) is 18.1. The maximum absolute atomic E-state index is 6.28. The van der Waals surface area contributed by atoms with Crippen molar-refractivity contribution in [2.24, 2.45) is 32.9 Å². The third kappa shape index (κ3) is 5.66. The van der Waals surface area contributed by atoms with Gasteiger partial charge in [-0.25, -0.2) is 4.99 Å². The van der Waals surface area contributed by atoms with Gasteiger partial charge in [0.1, 0.15) is 0 Å². The fourth-order valence-corrected chi connectivity index (χ4v) is 5.05. The number of aliphatic imine (C=N–C) groups is 2. The smallest absolute Gasteiger partial charge is 0.374 e. The molecular weight excluding hydrogens is 476 g/mol. The largest absolute Gasteiger partial charge is 0.398 e. The molecule has 2 heterocycles. The molecule has 9 heteroatoms. The maximum atomic E-state index is 6.28. The number of nitrogens with two attached hydrogens (primary N) is 4. The van der Waals surface area contributed by atoms with Crippen LogP contribution in [-0.2, 0) is 18.5 Å². The van der Waals surface area contributed by atoms with Gasteiger partial charge in [0.15, 0.2) is 18.5 Å². The molecule has 0 bridgehead atoms. The summed E-state index contributed by atoms with van der Waals surface area (Å²) in [5, 5.41) is 0. The Balaban J connectivity index is 1.63. The van der Waals surface area contributed by atoms with Crippen molar-refractivity contribution in [3.63, 3.8) is 0 Å². The second-order valence-electron chi connectivity index (χ2n) is 10.3. The molecule has 0 amide bonds. The first-order valence-corrected chi connectivity index (χ1v) is 12.9. The average Bonchev–Trinajstić information content (AvgIpc) is 3.29. The van der Waals surface area contributed by atoms with E-state index in [1.54, 1.807) is 0 Å². The minimum Gasteiger partial charge on any atom is -0.398 e. The number of anilines is 1. The van der Waals surface area contributed by atoms with Gasteiger partial charge in [-0.2, -0.15) is 4.57 Å². The summed E-state index contributed by atoms with van der Waals surface area (Å²) in [5.74, 6) is 1.04. The van der Waals surface area contributed by atoms with Crippen molar-refractivity contribution in [1.29, 1.82) is 0 Å². The lowest BCUT2D eigenvalue weighted by atomic mass is 9.82. The standard InChI is InChI=1S/C29H39N8O/c1-19(15-25-29(2,3)21-17-20(18-35-28(32)33)11-12-22(21)36(25)4)16-26-37(14-8-7-13-34-27(30)31)23-9-5-6-10-24(23)38-26/h5-6,9-12,15-17H,7-8,13-14,18H2,1-4H3,(H4,30,31,34)(H4,32,33,35)/q+1. The van der Waals surface area contributed by atoms with E-state index < -0.39 is 0 Å². The number of unbranched alkanes of at least 4 members (excludes halogenated alkanes) is 1. The molecule has 0 fully saturated rings. The fraction of sp³-hybridized carbons (Fsp3) is 0.345. The van der Waals surface area contributed by atoms with Crippen molar-refractivity contribution >= 4 is 34.8 Å². The van der Waals surface area contributed by atoms with Gasteiger partial charge in [0, 0.05) is 42.9 Å². The molecule has 0 radical (unpaired) electrons. The molecule has 4 rings (SSSR count). The van der Waals surface area contributed by atoms with Crippen LogP contribution in [0.2, 0.25) is 0 Å². The van der Waals surface area contributed by atoms with E-state index in [2.05, 4.69) is 83.7 Å². The Morgan fingerprint density at radius 3 is 2.50 bits per heavy atom. The van der Waals surface area contributed by atoms with Gasteiger partial charge in [-0.15, -0.1) is 0 Å². The van der Waals surface area contributed by atoms with Crippen LogP contribution in [0.15, 0.2) is 74.2 Å². The topological polar surface area (TPSA) is 149 Å². The molecule has 1 aromatic heterocycles. The zero-order chi connectivity index (χ0) is 27.4. The number of fused-ring (bicyclic) bond motifs is 2. The molecule has 0 spiro atoms. The predicted molar refractivity (Wildman–Crippen MR) is 155 cm³/mol. The summed E-state index contributed by atoms with van der Waals surface area (Å²) in [5.41, 5.74) is 29.5. The highest BCUT2D eigenvalue weighted by atomic mass is 16.3. The zero-order valence-electron chi connectivity index (χ0n) is 22.7. The highest BCUT2D eigenvalue weighted by Crippen LogP contribution is 2.47. The Hall–Kier alpha value is -4.27. The van der Waals surface area contributed by atoms with Crippen LogP contribution in [-0.4, -0.2) is 25.5 Å². The summed E-state index contributed by atoms with van der Waals surface area (Å²) < 4.78 is 8.50. The number of oxazole rings is 1. The Bertz CT molecular complexity index is 1440. The van der Waals surface area contributed by atoms with Gasteiger partial charge in [0.05, 0.1) is 12.6 Å². The van der Waals surface area contributed by atoms with E-state index in [0.29, 0.717) is 13.1 Å². The number of allylic oxidation sites excluding steroid dienone is 3. The van der Waals surface area contributed by atoms with Crippen LogP contribution in [0.5, 0.6) is 0 Å². The second-order valence-corrected chi connectivity index (χ2v) is 10.3. The normalized spacial score (nSPS) is 15.6. The van der Waals surface area contributed by atoms with E-state index in [1.807, 2.05) is 18.2 Å². The number of hydrogen-bond donors (Lipinski definition) is 4. The molecule has 1 aliphatic heterocycles. The number of aryl methyl sites for hydroxylation is 1. The van der Waals surface area contributed by atoms with E-state index in [-0.39, 0.29) is 17.3 Å². The maximum Gasteiger partial charge on any atom is 0.374 e. The zero-order valence-corrected chi connectivity index (χ0v) is 22.7. The number of para-hydroxylation sites is 2. The Morgan fingerprint density at radius 1 is 1.03 bits per heavy atom. The highest BCUT2D eigenvalue weighted by molar-refractivity contribution is 5.76. The molecule has 0 atom stereocenters. The van der Waals surface area contributed by atoms with Gasteiger partial charge in [-0.05, 0) is 48.3 Å². The number of aromatic nitrogens is 1. The third-order valence-electron chi connectivity index (χ3n) is 6.98. The van der Waals surface area contributed by atoms with E-state index >= 15 is 0 Å². The van der Waals surface area contributed by atoms with Crippen LogP contribution in [0, 0.1) is 0 Å². The monoisotopic (exact) mass is 515 g/mol. The van der Waals surface area contributed by atoms with Crippen LogP contribution < -0.4 is 32.4 Å². The van der Waals surface area contributed by atoms with Crippen LogP contribution in [0.25, 0.3) is 17.2 Å². The molecule has 1 aliphatic rings. The summed E-state index contributed by atoms with van der Waals surface area (Å²) in [6.07, 6.45) is 6.17. The first-order valence-electron chi connectivity index (χ1n) is 12.9. The lowest BCUT2D eigenvalue weighted by Gasteiger charge is -2.24. The summed E-state index contributed by atoms with van der Waals surface area (Å²) in [6, 6.07) is 14.5. The third-order valence-corrected chi connectivity index (χ3v) is 6.98. The number of rotatable bonds is 9. The molecule has 8 N–H and O–H groups in total. The molecular formula is C29H39N8O+. The Morgan fingerprint density at radius 2 is 1.76 bits per heavy atom. The van der Waals surface area contributed by atoms with Crippen LogP contribution in [0.1, 0.15) is 50.6 Å². The molecule has 0 aliphatic carbocycles. The summed E-state index contributed by atoms with van der Waals surface area (Å²) in [4.78, 5) is 10.5. The highest BCUT2D eigenvalue weighted by Gasteiger charge is 2.38. The Labute approximate surface area is 224 Å². The summed E-state index contributed by atoms with van der Waals surface area (Å²) in [7, 11) is 2.11. The van der Waals surface area contributed by atoms with Gasteiger partial charge in [0.2, 0.25) is 5.58 Å². The van der Waals surface area contributed by atoms with Crippen LogP contribution in [0.4, 0.5) is 5.69 Å².